The molecule has 4 N–H and O–H groups in total. The van der Waals surface area contributed by atoms with Crippen LogP contribution in [0.2, 0.25) is 0 Å². The van der Waals surface area contributed by atoms with E-state index in [2.05, 4.69) is 21.2 Å². The third-order valence-corrected chi connectivity index (χ3v) is 0.447. The van der Waals surface area contributed by atoms with Gasteiger partial charge in [-0.15, -0.1) is 5.11 Å². The smallest absolute Gasteiger partial charge is 0.239 e. The van der Waals surface area contributed by atoms with Gasteiger partial charge in [0.2, 0.25) is 5.91 Å². The van der Waals surface area contributed by atoms with Crippen molar-refractivity contribution in [3.8, 4) is 0 Å². The van der Waals surface area contributed by atoms with Gasteiger partial charge in [-0.2, -0.15) is 0 Å². The van der Waals surface area contributed by atoms with Crippen molar-refractivity contribution in [2.24, 2.45) is 26.9 Å². The lowest BCUT2D eigenvalue weighted by atomic mass is 10.6. The lowest BCUT2D eigenvalue weighted by Gasteiger charge is -1.80. The fourth-order valence-corrected chi connectivity index (χ4v) is 0.197. The number of nitrogens with zero attached hydrogens (tertiary/aromatic N) is 3. The third-order valence-electron chi connectivity index (χ3n) is 0.447. The van der Waals surface area contributed by atoms with Crippen LogP contribution in [0.5, 0.6) is 0 Å². The zero-order chi connectivity index (χ0) is 7.11. The fourth-order valence-electron chi connectivity index (χ4n) is 0.197. The molecule has 9 heavy (non-hydrogen) atoms. The lowest BCUT2D eigenvalue weighted by Crippen LogP contribution is -2.13. The Bertz CT molecular complexity index is 139. The van der Waals surface area contributed by atoms with E-state index in [4.69, 9.17) is 5.73 Å². The summed E-state index contributed by atoms with van der Waals surface area (Å²) in [5, 5.41) is 6.00. The predicted molar refractivity (Wildman–Crippen MR) is 31.6 cm³/mol. The molecule has 0 radical (unpaired) electrons. The molecule has 0 aromatic carbocycles. The highest BCUT2D eigenvalue weighted by Gasteiger charge is 1.84. The van der Waals surface area contributed by atoms with Gasteiger partial charge >= 0.3 is 0 Å². The van der Waals surface area contributed by atoms with Crippen LogP contribution in [0.15, 0.2) is 15.3 Å². The average Bonchev–Trinajstić information content (AvgIpc) is 1.80. The molecule has 0 heterocycles. The van der Waals surface area contributed by atoms with E-state index >= 15 is 0 Å². The molecule has 0 bridgehead atoms. The van der Waals surface area contributed by atoms with Crippen molar-refractivity contribution in [3.63, 3.8) is 0 Å². The molecule has 0 unspecified atom stereocenters. The Balaban J connectivity index is 3.36. The molecule has 0 fully saturated rings. The third kappa shape index (κ3) is 6.54. The first-order chi connectivity index (χ1) is 4.27. The first-order valence-corrected chi connectivity index (χ1v) is 2.14. The Morgan fingerprint density at radius 2 is 2.33 bits per heavy atom. The van der Waals surface area contributed by atoms with Crippen molar-refractivity contribution in [1.82, 2.24) is 0 Å². The van der Waals surface area contributed by atoms with Crippen molar-refractivity contribution in [2.75, 3.05) is 6.54 Å². The number of amides is 1. The number of hydrogen-bond donors (Lipinski definition) is 2. The quantitative estimate of drug-likeness (QED) is 0.164. The van der Waals surface area contributed by atoms with Gasteiger partial charge in [0.05, 0.1) is 0 Å². The van der Waals surface area contributed by atoms with Gasteiger partial charge in [0.1, 0.15) is 12.9 Å². The van der Waals surface area contributed by atoms with Crippen molar-refractivity contribution >= 4 is 12.2 Å². The van der Waals surface area contributed by atoms with Crippen LogP contribution < -0.4 is 11.6 Å². The van der Waals surface area contributed by atoms with Gasteiger partial charge in [-0.25, -0.2) is 0 Å². The Hall–Kier alpha value is -1.46. The summed E-state index contributed by atoms with van der Waals surface area (Å²) < 4.78 is 0. The molecule has 0 aromatic rings. The maximum Gasteiger partial charge on any atom is 0.239 e. The second kappa shape index (κ2) is 4.69. The van der Waals surface area contributed by atoms with Crippen LogP contribution >= 0.6 is 0 Å². The Morgan fingerprint density at radius 3 is 2.78 bits per heavy atom. The summed E-state index contributed by atoms with van der Waals surface area (Å²) in [4.78, 5) is 13.4. The summed E-state index contributed by atoms with van der Waals surface area (Å²) >= 11 is 0. The number of rotatable bonds is 3. The molecular weight excluding hydrogens is 122 g/mol. The van der Waals surface area contributed by atoms with Crippen molar-refractivity contribution in [2.45, 2.75) is 0 Å². The zero-order valence-electron chi connectivity index (χ0n) is 4.69. The van der Waals surface area contributed by atoms with E-state index in [-0.39, 0.29) is 6.54 Å². The molecule has 1 amide bonds. The molecule has 50 valence electrons. The van der Waals surface area contributed by atoms with E-state index in [1.807, 2.05) is 0 Å². The van der Waals surface area contributed by atoms with Crippen LogP contribution in [0, 0.1) is 0 Å². The second-order valence-corrected chi connectivity index (χ2v) is 1.15. The SMILES string of the molecule is NN=NC=NCC(N)=O. The molecule has 0 spiro atoms. The topological polar surface area (TPSA) is 106 Å². The minimum Gasteiger partial charge on any atom is -0.368 e. The fraction of sp³-hybridized carbons (Fsp3) is 0.333. The number of carbonyl (C=O) groups is 1. The number of nitrogens with two attached hydrogens (primary N) is 2. The minimum atomic E-state index is -0.515. The first kappa shape index (κ1) is 7.54. The Labute approximate surface area is 51.6 Å². The monoisotopic (exact) mass is 129 g/mol. The van der Waals surface area contributed by atoms with Crippen LogP contribution in [0.25, 0.3) is 0 Å². The number of hydrogen-bond acceptors (Lipinski definition) is 3. The molecule has 0 aliphatic carbocycles. The van der Waals surface area contributed by atoms with Crippen LogP contribution in [0.1, 0.15) is 0 Å². The normalized spacial score (nSPS) is 11.1. The van der Waals surface area contributed by atoms with Gasteiger partial charge in [0.25, 0.3) is 0 Å². The van der Waals surface area contributed by atoms with E-state index < -0.39 is 5.91 Å². The summed E-state index contributed by atoms with van der Waals surface area (Å²) in [6.45, 7) is -0.0843. The number of primary amides is 1. The Kier molecular flexibility index (Phi) is 3.93. The van der Waals surface area contributed by atoms with E-state index in [1.54, 1.807) is 0 Å². The first-order valence-electron chi connectivity index (χ1n) is 2.14. The molecular formula is C3H7N5O. The van der Waals surface area contributed by atoms with Crippen molar-refractivity contribution < 1.29 is 4.79 Å². The lowest BCUT2D eigenvalue weighted by molar-refractivity contribution is -0.116. The number of carbonyl (C=O) groups excluding carboxylic acids is 1. The zero-order valence-corrected chi connectivity index (χ0v) is 4.69. The maximum atomic E-state index is 9.97. The van der Waals surface area contributed by atoms with Gasteiger partial charge in [-0.3, -0.25) is 9.79 Å². The van der Waals surface area contributed by atoms with E-state index in [0.29, 0.717) is 0 Å². The van der Waals surface area contributed by atoms with E-state index in [0.717, 1.165) is 6.34 Å². The molecule has 0 atom stereocenters. The van der Waals surface area contributed by atoms with Crippen LogP contribution in [0.3, 0.4) is 0 Å². The van der Waals surface area contributed by atoms with Gasteiger partial charge < -0.3 is 11.6 Å². The molecule has 0 aliphatic heterocycles. The molecule has 0 rings (SSSR count). The second-order valence-electron chi connectivity index (χ2n) is 1.15. The van der Waals surface area contributed by atoms with Crippen LogP contribution in [-0.4, -0.2) is 18.8 Å². The van der Waals surface area contributed by atoms with Crippen molar-refractivity contribution in [3.05, 3.63) is 0 Å². The van der Waals surface area contributed by atoms with Gasteiger partial charge in [-0.1, -0.05) is 5.22 Å². The number of aliphatic imine (C=N–C) groups is 1. The minimum absolute atomic E-state index is 0.0843. The highest BCUT2D eigenvalue weighted by molar-refractivity contribution is 5.77. The van der Waals surface area contributed by atoms with Gasteiger partial charge in [-0.05, 0) is 0 Å². The summed E-state index contributed by atoms with van der Waals surface area (Å²) in [7, 11) is 0. The van der Waals surface area contributed by atoms with Crippen LogP contribution in [0.4, 0.5) is 0 Å². The van der Waals surface area contributed by atoms with Crippen LogP contribution in [-0.2, 0) is 4.79 Å². The summed E-state index contributed by atoms with van der Waals surface area (Å²) in [5.41, 5.74) is 4.72. The standard InChI is InChI=1S/C3H7N5O/c4-3(9)1-6-2-7-8-5/h2H,1H2,(H2,4,9)(H2,5,6,7). The highest BCUT2D eigenvalue weighted by atomic mass is 16.1. The molecule has 6 heteroatoms. The van der Waals surface area contributed by atoms with Gasteiger partial charge in [0, 0.05) is 0 Å². The molecule has 0 aliphatic rings. The van der Waals surface area contributed by atoms with Gasteiger partial charge in [0.15, 0.2) is 0 Å². The van der Waals surface area contributed by atoms with E-state index in [1.165, 1.54) is 0 Å². The predicted octanol–water partition coefficient (Wildman–Crippen LogP) is -1.17. The summed E-state index contributed by atoms with van der Waals surface area (Å²) in [5.74, 6) is 4.08. The summed E-state index contributed by atoms with van der Waals surface area (Å²) in [6, 6.07) is 0. The molecule has 0 saturated heterocycles. The molecule has 6 nitrogen and oxygen atoms in total. The van der Waals surface area contributed by atoms with E-state index in [9.17, 15) is 4.79 Å². The molecule has 0 aromatic heterocycles. The maximum absolute atomic E-state index is 9.97. The Morgan fingerprint density at radius 1 is 1.67 bits per heavy atom. The molecule has 0 saturated carbocycles. The highest BCUT2D eigenvalue weighted by Crippen LogP contribution is 1.65. The summed E-state index contributed by atoms with van der Waals surface area (Å²) in [6.07, 6.45) is 1.06. The average molecular weight is 129 g/mol. The largest absolute Gasteiger partial charge is 0.368 e. The van der Waals surface area contributed by atoms with Crippen molar-refractivity contribution in [1.29, 1.82) is 0 Å².